The molecule has 0 radical (unpaired) electrons. The van der Waals surface area contributed by atoms with Crippen LogP contribution in [-0.2, 0) is 4.79 Å². The summed E-state index contributed by atoms with van der Waals surface area (Å²) in [6.45, 7) is 2.02. The highest BCUT2D eigenvalue weighted by molar-refractivity contribution is 6.30. The number of carbonyl (C=O) groups is 1. The molecule has 2 aromatic rings. The fraction of sp³-hybridized carbons (Fsp3) is 0.278. The maximum atomic E-state index is 13.7. The van der Waals surface area contributed by atoms with Crippen LogP contribution >= 0.6 is 11.6 Å². The fourth-order valence-electron chi connectivity index (χ4n) is 2.17. The zero-order chi connectivity index (χ0) is 17.5. The highest BCUT2D eigenvalue weighted by Crippen LogP contribution is 2.22. The summed E-state index contributed by atoms with van der Waals surface area (Å²) in [5.41, 5.74) is 0.664. The second-order valence-corrected chi connectivity index (χ2v) is 5.68. The summed E-state index contributed by atoms with van der Waals surface area (Å²) in [4.78, 5) is 12.0. The smallest absolute Gasteiger partial charge is 0.223 e. The third kappa shape index (κ3) is 5.13. The van der Waals surface area contributed by atoms with E-state index < -0.39 is 5.82 Å². The molecule has 0 aliphatic carbocycles. The maximum Gasteiger partial charge on any atom is 0.223 e. The van der Waals surface area contributed by atoms with Gasteiger partial charge in [0, 0.05) is 5.02 Å². The van der Waals surface area contributed by atoms with Crippen molar-refractivity contribution < 1.29 is 18.7 Å². The number of amides is 1. The van der Waals surface area contributed by atoms with Gasteiger partial charge in [-0.1, -0.05) is 23.7 Å². The zero-order valence-electron chi connectivity index (χ0n) is 13.5. The van der Waals surface area contributed by atoms with E-state index in [-0.39, 0.29) is 30.7 Å². The molecule has 24 heavy (non-hydrogen) atoms. The number of ether oxygens (including phenoxy) is 2. The third-order valence-electron chi connectivity index (χ3n) is 3.45. The van der Waals surface area contributed by atoms with E-state index in [4.69, 9.17) is 21.1 Å². The number of hydrogen-bond acceptors (Lipinski definition) is 3. The number of rotatable bonds is 7. The average molecular weight is 352 g/mol. The standard InChI is InChI=1S/C18H19ClFNO3/c1-12(13-6-7-17(23-2)16(20)10-13)21-18(22)8-9-24-15-5-3-4-14(19)11-15/h3-7,10-12H,8-9H2,1-2H3,(H,21,22)/t12-/m0/s1. The van der Waals surface area contributed by atoms with Gasteiger partial charge in [-0.15, -0.1) is 0 Å². The van der Waals surface area contributed by atoms with Crippen LogP contribution in [0.2, 0.25) is 5.02 Å². The predicted molar refractivity (Wildman–Crippen MR) is 91.1 cm³/mol. The summed E-state index contributed by atoms with van der Waals surface area (Å²) in [6.07, 6.45) is 0.190. The van der Waals surface area contributed by atoms with Gasteiger partial charge in [-0.05, 0) is 42.8 Å². The van der Waals surface area contributed by atoms with E-state index in [2.05, 4.69) is 5.32 Å². The molecule has 0 aromatic heterocycles. The Kier molecular flexibility index (Phi) is 6.44. The number of carbonyl (C=O) groups excluding carboxylic acids is 1. The van der Waals surface area contributed by atoms with Crippen molar-refractivity contribution in [3.63, 3.8) is 0 Å². The first kappa shape index (κ1) is 18.1. The van der Waals surface area contributed by atoms with Gasteiger partial charge in [0.15, 0.2) is 11.6 Å². The fourth-order valence-corrected chi connectivity index (χ4v) is 2.35. The minimum atomic E-state index is -0.458. The molecular formula is C18H19ClFNO3. The van der Waals surface area contributed by atoms with Crippen molar-refractivity contribution in [1.82, 2.24) is 5.32 Å². The molecule has 0 aliphatic rings. The summed E-state index contributed by atoms with van der Waals surface area (Å²) >= 11 is 5.86. The van der Waals surface area contributed by atoms with Crippen molar-refractivity contribution in [2.75, 3.05) is 13.7 Å². The van der Waals surface area contributed by atoms with Crippen molar-refractivity contribution in [2.24, 2.45) is 0 Å². The molecule has 0 saturated heterocycles. The Morgan fingerprint density at radius 2 is 2.08 bits per heavy atom. The molecule has 0 spiro atoms. The van der Waals surface area contributed by atoms with Crippen molar-refractivity contribution in [2.45, 2.75) is 19.4 Å². The van der Waals surface area contributed by atoms with Crippen molar-refractivity contribution >= 4 is 17.5 Å². The molecule has 0 heterocycles. The van der Waals surface area contributed by atoms with E-state index in [0.29, 0.717) is 16.3 Å². The zero-order valence-corrected chi connectivity index (χ0v) is 14.3. The van der Waals surface area contributed by atoms with Crippen LogP contribution < -0.4 is 14.8 Å². The Labute approximate surface area is 145 Å². The second kappa shape index (κ2) is 8.55. The lowest BCUT2D eigenvalue weighted by atomic mass is 10.1. The molecule has 2 aromatic carbocycles. The molecule has 0 bridgehead atoms. The lowest BCUT2D eigenvalue weighted by Crippen LogP contribution is -2.27. The number of methoxy groups -OCH3 is 1. The quantitative estimate of drug-likeness (QED) is 0.815. The minimum Gasteiger partial charge on any atom is -0.494 e. The average Bonchev–Trinajstić information content (AvgIpc) is 2.54. The molecule has 4 nitrogen and oxygen atoms in total. The van der Waals surface area contributed by atoms with Crippen LogP contribution in [0.1, 0.15) is 24.9 Å². The van der Waals surface area contributed by atoms with Crippen molar-refractivity contribution in [1.29, 1.82) is 0 Å². The Bertz CT molecular complexity index is 708. The van der Waals surface area contributed by atoms with E-state index in [1.54, 1.807) is 37.3 Å². The summed E-state index contributed by atoms with van der Waals surface area (Å²) < 4.78 is 24.1. The highest BCUT2D eigenvalue weighted by Gasteiger charge is 2.12. The third-order valence-corrected chi connectivity index (χ3v) is 3.68. The number of halogens is 2. The number of nitrogens with one attached hydrogen (secondary N) is 1. The van der Waals surface area contributed by atoms with E-state index in [9.17, 15) is 9.18 Å². The van der Waals surface area contributed by atoms with Crippen LogP contribution in [0.25, 0.3) is 0 Å². The van der Waals surface area contributed by atoms with Crippen LogP contribution in [-0.4, -0.2) is 19.6 Å². The predicted octanol–water partition coefficient (Wildman–Crippen LogP) is 4.13. The van der Waals surface area contributed by atoms with Gasteiger partial charge in [0.05, 0.1) is 26.2 Å². The van der Waals surface area contributed by atoms with Gasteiger partial charge in [-0.2, -0.15) is 0 Å². The van der Waals surface area contributed by atoms with Crippen LogP contribution in [0.15, 0.2) is 42.5 Å². The Morgan fingerprint density at radius 3 is 2.75 bits per heavy atom. The maximum absolute atomic E-state index is 13.7. The first-order valence-corrected chi connectivity index (χ1v) is 7.88. The lowest BCUT2D eigenvalue weighted by Gasteiger charge is -2.15. The lowest BCUT2D eigenvalue weighted by molar-refractivity contribution is -0.122. The second-order valence-electron chi connectivity index (χ2n) is 5.24. The SMILES string of the molecule is COc1ccc([C@H](C)NC(=O)CCOc2cccc(Cl)c2)cc1F. The topological polar surface area (TPSA) is 47.6 Å². The molecule has 1 N–H and O–H groups in total. The molecule has 0 unspecified atom stereocenters. The Balaban J connectivity index is 1.82. The van der Waals surface area contributed by atoms with Crippen LogP contribution in [0.4, 0.5) is 4.39 Å². The number of hydrogen-bond donors (Lipinski definition) is 1. The molecule has 1 amide bonds. The monoisotopic (exact) mass is 351 g/mol. The van der Waals surface area contributed by atoms with Gasteiger partial charge in [0.1, 0.15) is 5.75 Å². The molecule has 1 atom stereocenters. The Hall–Kier alpha value is -2.27. The largest absolute Gasteiger partial charge is 0.494 e. The molecule has 2 rings (SSSR count). The summed E-state index contributed by atoms with van der Waals surface area (Å²) in [5.74, 6) is 0.147. The first-order chi connectivity index (χ1) is 11.5. The first-order valence-electron chi connectivity index (χ1n) is 7.50. The summed E-state index contributed by atoms with van der Waals surface area (Å²) in [6, 6.07) is 11.3. The van der Waals surface area contributed by atoms with Gasteiger partial charge in [0.2, 0.25) is 5.91 Å². The van der Waals surface area contributed by atoms with E-state index >= 15 is 0 Å². The van der Waals surface area contributed by atoms with Crippen molar-refractivity contribution in [3.8, 4) is 11.5 Å². The van der Waals surface area contributed by atoms with Crippen LogP contribution in [0, 0.1) is 5.82 Å². The summed E-state index contributed by atoms with van der Waals surface area (Å²) in [5, 5.41) is 3.38. The molecular weight excluding hydrogens is 333 g/mol. The Morgan fingerprint density at radius 1 is 1.29 bits per heavy atom. The summed E-state index contributed by atoms with van der Waals surface area (Å²) in [7, 11) is 1.41. The minimum absolute atomic E-state index is 0.173. The van der Waals surface area contributed by atoms with E-state index in [0.717, 1.165) is 0 Å². The molecule has 0 aliphatic heterocycles. The van der Waals surface area contributed by atoms with Crippen molar-refractivity contribution in [3.05, 3.63) is 58.9 Å². The van der Waals surface area contributed by atoms with Crippen LogP contribution in [0.3, 0.4) is 0 Å². The van der Waals surface area contributed by atoms with E-state index in [1.807, 2.05) is 0 Å². The molecule has 0 saturated carbocycles. The van der Waals surface area contributed by atoms with Gasteiger partial charge in [-0.3, -0.25) is 4.79 Å². The van der Waals surface area contributed by atoms with E-state index in [1.165, 1.54) is 19.2 Å². The van der Waals surface area contributed by atoms with Crippen LogP contribution in [0.5, 0.6) is 11.5 Å². The number of benzene rings is 2. The van der Waals surface area contributed by atoms with Gasteiger partial charge in [-0.25, -0.2) is 4.39 Å². The molecule has 128 valence electrons. The molecule has 0 fully saturated rings. The van der Waals surface area contributed by atoms with Gasteiger partial charge >= 0.3 is 0 Å². The van der Waals surface area contributed by atoms with Gasteiger partial charge in [0.25, 0.3) is 0 Å². The molecule has 6 heteroatoms. The normalized spacial score (nSPS) is 11.7. The highest BCUT2D eigenvalue weighted by atomic mass is 35.5. The van der Waals surface area contributed by atoms with Gasteiger partial charge < -0.3 is 14.8 Å².